The van der Waals surface area contributed by atoms with Gasteiger partial charge in [0.05, 0.1) is 34.4 Å². The molecule has 2 unspecified atom stereocenters. The Morgan fingerprint density at radius 3 is 1.90 bits per heavy atom. The Morgan fingerprint density at radius 2 is 1.27 bits per heavy atom. The highest BCUT2D eigenvalue weighted by Gasteiger charge is 2.31. The van der Waals surface area contributed by atoms with Gasteiger partial charge in [0.15, 0.2) is 12.1 Å². The van der Waals surface area contributed by atoms with E-state index in [1.807, 2.05) is 69.8 Å². The van der Waals surface area contributed by atoms with Gasteiger partial charge in [-0.05, 0) is 44.9 Å². The molecule has 0 heterocycles. The Labute approximate surface area is 297 Å². The molecule has 8 heteroatoms. The number of ether oxygens (including phenoxy) is 3. The molecule has 2 atom stereocenters. The number of esters is 2. The van der Waals surface area contributed by atoms with Crippen molar-refractivity contribution in [3.8, 4) is 0 Å². The van der Waals surface area contributed by atoms with Crippen LogP contribution < -0.4 is 0 Å². The lowest BCUT2D eigenvalue weighted by Crippen LogP contribution is -2.50. The van der Waals surface area contributed by atoms with Gasteiger partial charge in [0.2, 0.25) is 0 Å². The zero-order chi connectivity index (χ0) is 36.4. The summed E-state index contributed by atoms with van der Waals surface area (Å²) in [6.45, 7) is 4.36. The van der Waals surface area contributed by atoms with Crippen LogP contribution in [0.5, 0.6) is 0 Å². The van der Waals surface area contributed by atoms with Crippen LogP contribution >= 0.6 is 0 Å². The van der Waals surface area contributed by atoms with E-state index in [9.17, 15) is 19.5 Å². The molecule has 0 aromatic carbocycles. The monoisotopic (exact) mass is 684 g/mol. The lowest BCUT2D eigenvalue weighted by molar-refractivity contribution is -0.887. The maximum atomic E-state index is 12.6. The van der Waals surface area contributed by atoms with Gasteiger partial charge in [-0.25, -0.2) is 4.79 Å². The molecule has 8 nitrogen and oxygen atoms in total. The molecule has 0 bridgehead atoms. The van der Waals surface area contributed by atoms with Gasteiger partial charge in [0.25, 0.3) is 0 Å². The van der Waals surface area contributed by atoms with Crippen LogP contribution in [-0.2, 0) is 28.6 Å². The van der Waals surface area contributed by atoms with Gasteiger partial charge < -0.3 is 23.8 Å². The molecule has 0 radical (unpaired) electrons. The van der Waals surface area contributed by atoms with E-state index in [0.717, 1.165) is 57.8 Å². The molecule has 0 aromatic rings. The molecule has 1 N–H and O–H groups in total. The Hall–Kier alpha value is -3.49. The lowest BCUT2D eigenvalue weighted by Gasteiger charge is -2.31. The van der Waals surface area contributed by atoms with Gasteiger partial charge in [-0.15, -0.1) is 0 Å². The summed E-state index contributed by atoms with van der Waals surface area (Å²) in [6, 6.07) is -0.629. The van der Waals surface area contributed by atoms with Crippen LogP contribution in [-0.4, -0.2) is 80.6 Å². The van der Waals surface area contributed by atoms with Crippen molar-refractivity contribution in [3.05, 3.63) is 85.1 Å². The van der Waals surface area contributed by atoms with Gasteiger partial charge in [-0.3, -0.25) is 9.59 Å². The number of carbonyl (C=O) groups is 3. The second-order valence-electron chi connectivity index (χ2n) is 12.9. The number of unbranched alkanes of at least 4 members (excludes halogenated alkanes) is 6. The first-order valence-corrected chi connectivity index (χ1v) is 18.2. The molecular formula is C41H66NO7+. The lowest BCUT2D eigenvalue weighted by atomic mass is 10.1. The maximum Gasteiger partial charge on any atom is 0.362 e. The van der Waals surface area contributed by atoms with Crippen molar-refractivity contribution in [1.82, 2.24) is 0 Å². The van der Waals surface area contributed by atoms with Gasteiger partial charge >= 0.3 is 17.9 Å². The minimum absolute atomic E-state index is 0.0267. The summed E-state index contributed by atoms with van der Waals surface area (Å²) in [4.78, 5) is 36.6. The van der Waals surface area contributed by atoms with E-state index in [1.54, 1.807) is 0 Å². The fourth-order valence-electron chi connectivity index (χ4n) is 4.59. The van der Waals surface area contributed by atoms with Crippen LogP contribution in [0.4, 0.5) is 0 Å². The summed E-state index contributed by atoms with van der Waals surface area (Å²) in [5.74, 6) is -1.61. The quantitative estimate of drug-likeness (QED) is 0.0265. The van der Waals surface area contributed by atoms with Crippen LogP contribution in [0.25, 0.3) is 0 Å². The number of carbonyl (C=O) groups excluding carboxylic acids is 2. The van der Waals surface area contributed by atoms with Gasteiger partial charge in [0.1, 0.15) is 6.61 Å². The third-order valence-electron chi connectivity index (χ3n) is 7.40. The van der Waals surface area contributed by atoms with Crippen molar-refractivity contribution in [2.24, 2.45) is 0 Å². The normalized spacial score (nSPS) is 14.1. The number of rotatable bonds is 30. The molecule has 276 valence electrons. The third-order valence-corrected chi connectivity index (χ3v) is 7.40. The number of nitrogens with zero attached hydrogens (tertiary/aromatic N) is 1. The molecule has 49 heavy (non-hydrogen) atoms. The van der Waals surface area contributed by atoms with Crippen LogP contribution in [0.2, 0.25) is 0 Å². The largest absolute Gasteiger partial charge is 0.477 e. The molecule has 0 rings (SSSR count). The van der Waals surface area contributed by atoms with E-state index in [4.69, 9.17) is 14.2 Å². The van der Waals surface area contributed by atoms with Crippen molar-refractivity contribution in [2.45, 2.75) is 116 Å². The summed E-state index contributed by atoms with van der Waals surface area (Å²) in [5.41, 5.74) is 0. The predicted octanol–water partition coefficient (Wildman–Crippen LogP) is 9.01. The van der Waals surface area contributed by atoms with E-state index in [-0.39, 0.29) is 49.1 Å². The van der Waals surface area contributed by atoms with E-state index in [1.165, 1.54) is 6.42 Å². The highest BCUT2D eigenvalue weighted by molar-refractivity contribution is 5.72. The first-order valence-electron chi connectivity index (χ1n) is 18.2. The summed E-state index contributed by atoms with van der Waals surface area (Å²) in [5, 5.41) is 9.55. The average molecular weight is 685 g/mol. The number of quaternary nitrogens is 1. The maximum absolute atomic E-state index is 12.6. The van der Waals surface area contributed by atoms with Crippen LogP contribution in [0.15, 0.2) is 85.1 Å². The standard InChI is InChI=1S/C41H65NO7/c1-6-8-10-12-14-15-16-17-18-19-20-21-22-23-24-26-28-30-32-40(44)49-37(35-47-34-33-38(41(45)46)42(3,4)5)36-48-39(43)31-29-27-25-13-11-9-7-2/h9-12,14-21,25,27,37-38H,6-8,13,22-24,26,28-36H2,1-5H3/p+1/b11-9+,12-10+,15-14+,17-16+,19-18+,21-20+,27-25+. The van der Waals surface area contributed by atoms with E-state index >= 15 is 0 Å². The Bertz CT molecular complexity index is 1080. The number of carboxylic acids is 1. The van der Waals surface area contributed by atoms with Crippen LogP contribution in [0, 0.1) is 0 Å². The SMILES string of the molecule is CC/C=C/C/C=C/CCC(=O)OCC(COCCC(C(=O)O)[N+](C)(C)C)OC(=O)CCCCCCC/C=C/C=C/C=C/C=C/C=C/CCC. The van der Waals surface area contributed by atoms with Crippen molar-refractivity contribution in [3.63, 3.8) is 0 Å². The van der Waals surface area contributed by atoms with Crippen molar-refractivity contribution in [1.29, 1.82) is 0 Å². The first-order chi connectivity index (χ1) is 23.6. The topological polar surface area (TPSA) is 99.1 Å². The van der Waals surface area contributed by atoms with Crippen molar-refractivity contribution >= 4 is 17.9 Å². The molecular weight excluding hydrogens is 618 g/mol. The summed E-state index contributed by atoms with van der Waals surface area (Å²) < 4.78 is 17.0. The van der Waals surface area contributed by atoms with E-state index in [2.05, 4.69) is 50.3 Å². The minimum atomic E-state index is -0.893. The molecule has 0 aliphatic rings. The van der Waals surface area contributed by atoms with E-state index in [0.29, 0.717) is 12.8 Å². The highest BCUT2D eigenvalue weighted by Crippen LogP contribution is 2.11. The number of likely N-dealkylation sites (N-methyl/N-ethyl adjacent to an activating group) is 1. The molecule has 0 amide bonds. The summed E-state index contributed by atoms with van der Waals surface area (Å²) >= 11 is 0. The fraction of sp³-hybridized carbons (Fsp3) is 0.585. The van der Waals surface area contributed by atoms with Crippen LogP contribution in [0.3, 0.4) is 0 Å². The van der Waals surface area contributed by atoms with Gasteiger partial charge in [-0.2, -0.15) is 0 Å². The molecule has 0 saturated carbocycles. The van der Waals surface area contributed by atoms with E-state index < -0.39 is 18.1 Å². The smallest absolute Gasteiger partial charge is 0.362 e. The van der Waals surface area contributed by atoms with Gasteiger partial charge in [-0.1, -0.05) is 125 Å². The van der Waals surface area contributed by atoms with Gasteiger partial charge in [0, 0.05) is 19.3 Å². The first kappa shape index (κ1) is 45.5. The average Bonchev–Trinajstić information content (AvgIpc) is 3.05. The summed E-state index contributed by atoms with van der Waals surface area (Å²) in [7, 11) is 5.47. The number of hydrogen-bond acceptors (Lipinski definition) is 6. The predicted molar refractivity (Wildman–Crippen MR) is 201 cm³/mol. The second kappa shape index (κ2) is 31.8. The summed E-state index contributed by atoms with van der Waals surface area (Å²) in [6.07, 6.45) is 39.5. The number of hydrogen-bond donors (Lipinski definition) is 1. The molecule has 0 saturated heterocycles. The van der Waals surface area contributed by atoms with Crippen LogP contribution in [0.1, 0.15) is 104 Å². The Balaban J connectivity index is 4.50. The van der Waals surface area contributed by atoms with Crippen molar-refractivity contribution in [2.75, 3.05) is 41.0 Å². The third kappa shape index (κ3) is 30.3. The Morgan fingerprint density at radius 1 is 0.653 bits per heavy atom. The number of allylic oxidation sites excluding steroid dienone is 14. The second-order valence-corrected chi connectivity index (χ2v) is 12.9. The fourth-order valence-corrected chi connectivity index (χ4v) is 4.59. The zero-order valence-corrected chi connectivity index (χ0v) is 31.1. The molecule has 0 aliphatic heterocycles. The molecule has 0 aliphatic carbocycles. The Kier molecular flexibility index (Phi) is 29.5. The minimum Gasteiger partial charge on any atom is -0.477 e. The highest BCUT2D eigenvalue weighted by atomic mass is 16.6. The zero-order valence-electron chi connectivity index (χ0n) is 31.1. The number of carboxylic acid groups (broad SMARTS) is 1. The molecule has 0 spiro atoms. The number of aliphatic carboxylic acids is 1. The molecule has 0 aromatic heterocycles. The van der Waals surface area contributed by atoms with Crippen molar-refractivity contribution < 1.29 is 38.2 Å². The molecule has 0 fully saturated rings.